The molecule has 1 N–H and O–H groups in total. The monoisotopic (exact) mass is 262 g/mol. The Morgan fingerprint density at radius 1 is 1.16 bits per heavy atom. The van der Waals surface area contributed by atoms with Crippen molar-refractivity contribution in [1.29, 1.82) is 0 Å². The van der Waals surface area contributed by atoms with E-state index in [1.54, 1.807) is 0 Å². The Balaban J connectivity index is 3.00. The molecule has 0 spiro atoms. The van der Waals surface area contributed by atoms with Gasteiger partial charge in [0, 0.05) is 24.8 Å². The van der Waals surface area contributed by atoms with E-state index in [1.807, 2.05) is 0 Å². The van der Waals surface area contributed by atoms with Crippen LogP contribution in [0.2, 0.25) is 0 Å². The molecule has 1 aromatic rings. The van der Waals surface area contributed by atoms with Gasteiger partial charge in [-0.1, -0.05) is 45.4 Å². The van der Waals surface area contributed by atoms with Crippen molar-refractivity contribution in [2.45, 2.75) is 59.0 Å². The first-order chi connectivity index (χ1) is 9.15. The van der Waals surface area contributed by atoms with Gasteiger partial charge in [0.2, 0.25) is 0 Å². The molecule has 0 aromatic heterocycles. The summed E-state index contributed by atoms with van der Waals surface area (Å²) in [5.41, 5.74) is 2.80. The molecule has 0 saturated carbocycles. The van der Waals surface area contributed by atoms with E-state index in [0.717, 1.165) is 13.0 Å². The Morgan fingerprint density at radius 3 is 2.42 bits per heavy atom. The van der Waals surface area contributed by atoms with Crippen LogP contribution in [0, 0.1) is 0 Å². The Morgan fingerprint density at radius 2 is 1.84 bits per heavy atom. The summed E-state index contributed by atoms with van der Waals surface area (Å²) in [4.78, 5) is 2.43. The maximum Gasteiger partial charge on any atom is 0.0414 e. The van der Waals surface area contributed by atoms with Gasteiger partial charge in [-0.3, -0.25) is 0 Å². The van der Waals surface area contributed by atoms with Crippen LogP contribution in [0.4, 0.5) is 5.69 Å². The lowest BCUT2D eigenvalue weighted by Gasteiger charge is -2.31. The molecule has 0 bridgehead atoms. The van der Waals surface area contributed by atoms with E-state index in [0.29, 0.717) is 12.1 Å². The zero-order chi connectivity index (χ0) is 14.3. The van der Waals surface area contributed by atoms with Gasteiger partial charge in [0.05, 0.1) is 0 Å². The summed E-state index contributed by atoms with van der Waals surface area (Å²) in [5.74, 6) is 0. The molecule has 0 aliphatic carbocycles. The third-order valence-electron chi connectivity index (χ3n) is 3.92. The van der Waals surface area contributed by atoms with Crippen LogP contribution in [-0.2, 0) is 0 Å². The second-order valence-electron chi connectivity index (χ2n) is 5.33. The number of rotatable bonds is 8. The highest BCUT2D eigenvalue weighted by molar-refractivity contribution is 5.55. The molecule has 0 fully saturated rings. The number of nitrogens with zero attached hydrogens (tertiary/aromatic N) is 1. The van der Waals surface area contributed by atoms with Crippen molar-refractivity contribution < 1.29 is 0 Å². The molecule has 2 heteroatoms. The third kappa shape index (κ3) is 4.24. The minimum absolute atomic E-state index is 0.456. The Bertz CT molecular complexity index is 362. The van der Waals surface area contributed by atoms with Crippen molar-refractivity contribution in [3.05, 3.63) is 29.8 Å². The van der Waals surface area contributed by atoms with E-state index in [2.05, 4.69) is 69.2 Å². The van der Waals surface area contributed by atoms with Crippen LogP contribution in [0.25, 0.3) is 0 Å². The fourth-order valence-corrected chi connectivity index (χ4v) is 2.67. The Labute approximate surface area is 119 Å². The highest BCUT2D eigenvalue weighted by Gasteiger charge is 2.17. The first kappa shape index (κ1) is 16.0. The van der Waals surface area contributed by atoms with E-state index >= 15 is 0 Å². The molecule has 0 aliphatic rings. The first-order valence-electron chi connectivity index (χ1n) is 7.70. The van der Waals surface area contributed by atoms with Crippen LogP contribution < -0.4 is 10.2 Å². The smallest absolute Gasteiger partial charge is 0.0414 e. The predicted octanol–water partition coefficient (Wildman–Crippen LogP) is 4.37. The number of nitrogens with one attached hydrogen (secondary N) is 1. The fourth-order valence-electron chi connectivity index (χ4n) is 2.67. The second kappa shape index (κ2) is 8.21. The number of hydrogen-bond acceptors (Lipinski definition) is 2. The number of para-hydroxylation sites is 1. The van der Waals surface area contributed by atoms with Gasteiger partial charge in [0.15, 0.2) is 0 Å². The molecule has 1 aromatic carbocycles. The summed E-state index contributed by atoms with van der Waals surface area (Å²) in [5, 5.41) is 3.59. The van der Waals surface area contributed by atoms with Gasteiger partial charge < -0.3 is 10.2 Å². The molecule has 0 aliphatic heterocycles. The predicted molar refractivity (Wildman–Crippen MR) is 85.9 cm³/mol. The maximum atomic E-state index is 3.59. The number of anilines is 1. The summed E-state index contributed by atoms with van der Waals surface area (Å²) >= 11 is 0. The summed E-state index contributed by atoms with van der Waals surface area (Å²) in [6, 6.07) is 9.86. The Kier molecular flexibility index (Phi) is 6.93. The maximum absolute atomic E-state index is 3.59. The molecule has 0 radical (unpaired) electrons. The van der Waals surface area contributed by atoms with Gasteiger partial charge in [0.25, 0.3) is 0 Å². The van der Waals surface area contributed by atoms with Crippen molar-refractivity contribution in [2.75, 3.05) is 18.5 Å². The standard InChI is InChI=1S/C17H30N2/c1-6-11-14(4)19(5)17-13-10-9-12-15(17)16(7-2)18-8-3/h9-10,12-14,16,18H,6-8,11H2,1-5H3. The summed E-state index contributed by atoms with van der Waals surface area (Å²) < 4.78 is 0. The van der Waals surface area contributed by atoms with Gasteiger partial charge >= 0.3 is 0 Å². The summed E-state index contributed by atoms with van der Waals surface area (Å²) in [7, 11) is 2.22. The van der Waals surface area contributed by atoms with E-state index in [9.17, 15) is 0 Å². The molecular weight excluding hydrogens is 232 g/mol. The third-order valence-corrected chi connectivity index (χ3v) is 3.92. The molecule has 108 valence electrons. The van der Waals surface area contributed by atoms with E-state index < -0.39 is 0 Å². The second-order valence-corrected chi connectivity index (χ2v) is 5.33. The highest BCUT2D eigenvalue weighted by Crippen LogP contribution is 2.29. The molecular formula is C17H30N2. The molecule has 1 rings (SSSR count). The lowest BCUT2D eigenvalue weighted by Crippen LogP contribution is -2.31. The zero-order valence-electron chi connectivity index (χ0n) is 13.2. The van der Waals surface area contributed by atoms with Gasteiger partial charge in [-0.25, -0.2) is 0 Å². The minimum atomic E-state index is 0.456. The number of benzene rings is 1. The normalized spacial score (nSPS) is 14.2. The van der Waals surface area contributed by atoms with Crippen molar-refractivity contribution in [3.63, 3.8) is 0 Å². The Hall–Kier alpha value is -1.02. The molecule has 2 atom stereocenters. The molecule has 0 amide bonds. The molecule has 0 saturated heterocycles. The minimum Gasteiger partial charge on any atom is -0.372 e. The number of hydrogen-bond donors (Lipinski definition) is 1. The van der Waals surface area contributed by atoms with Crippen LogP contribution in [-0.4, -0.2) is 19.6 Å². The van der Waals surface area contributed by atoms with Crippen LogP contribution in [0.15, 0.2) is 24.3 Å². The topological polar surface area (TPSA) is 15.3 Å². The zero-order valence-corrected chi connectivity index (χ0v) is 13.2. The van der Waals surface area contributed by atoms with Gasteiger partial charge in [-0.2, -0.15) is 0 Å². The molecule has 2 nitrogen and oxygen atoms in total. The lowest BCUT2D eigenvalue weighted by atomic mass is 10.0. The van der Waals surface area contributed by atoms with Crippen LogP contribution in [0.1, 0.15) is 58.6 Å². The van der Waals surface area contributed by atoms with E-state index in [1.165, 1.54) is 24.1 Å². The van der Waals surface area contributed by atoms with Crippen LogP contribution >= 0.6 is 0 Å². The average molecular weight is 262 g/mol. The fraction of sp³-hybridized carbons (Fsp3) is 0.647. The van der Waals surface area contributed by atoms with Crippen molar-refractivity contribution in [2.24, 2.45) is 0 Å². The largest absolute Gasteiger partial charge is 0.372 e. The van der Waals surface area contributed by atoms with E-state index in [-0.39, 0.29) is 0 Å². The van der Waals surface area contributed by atoms with Crippen LogP contribution in [0.5, 0.6) is 0 Å². The van der Waals surface area contributed by atoms with Crippen molar-refractivity contribution >= 4 is 5.69 Å². The molecule has 0 heterocycles. The average Bonchev–Trinajstić information content (AvgIpc) is 2.44. The van der Waals surface area contributed by atoms with Gasteiger partial charge in [0.1, 0.15) is 0 Å². The highest BCUT2D eigenvalue weighted by atomic mass is 15.1. The quantitative estimate of drug-likeness (QED) is 0.748. The molecule has 19 heavy (non-hydrogen) atoms. The van der Waals surface area contributed by atoms with Crippen molar-refractivity contribution in [1.82, 2.24) is 5.32 Å². The first-order valence-corrected chi connectivity index (χ1v) is 7.70. The summed E-state index contributed by atoms with van der Waals surface area (Å²) in [6.45, 7) is 10.0. The van der Waals surface area contributed by atoms with E-state index in [4.69, 9.17) is 0 Å². The molecule has 2 unspecified atom stereocenters. The van der Waals surface area contributed by atoms with Gasteiger partial charge in [-0.05, 0) is 37.9 Å². The summed E-state index contributed by atoms with van der Waals surface area (Å²) in [6.07, 6.45) is 3.60. The SMILES string of the molecule is CCCC(C)N(C)c1ccccc1C(CC)NCC. The van der Waals surface area contributed by atoms with Crippen LogP contribution in [0.3, 0.4) is 0 Å². The van der Waals surface area contributed by atoms with Crippen molar-refractivity contribution in [3.8, 4) is 0 Å². The van der Waals surface area contributed by atoms with Gasteiger partial charge in [-0.15, -0.1) is 0 Å². The lowest BCUT2D eigenvalue weighted by molar-refractivity contribution is 0.533.